The average Bonchev–Trinajstić information content (AvgIpc) is 2.51. The normalized spacial score (nSPS) is 12.5. The van der Waals surface area contributed by atoms with Crippen LogP contribution in [-0.4, -0.2) is 7.05 Å². The number of benzene rings is 2. The molecule has 0 radical (unpaired) electrons. The van der Waals surface area contributed by atoms with Crippen LogP contribution in [0.4, 0.5) is 0 Å². The van der Waals surface area contributed by atoms with Gasteiger partial charge in [-0.05, 0) is 31.5 Å². The fraction of sp³-hybridized carbons (Fsp3) is 0.250. The van der Waals surface area contributed by atoms with Gasteiger partial charge in [0.25, 0.3) is 0 Å². The van der Waals surface area contributed by atoms with E-state index in [1.165, 1.54) is 16.0 Å². The van der Waals surface area contributed by atoms with Crippen LogP contribution in [0.15, 0.2) is 51.7 Å². The molecule has 1 atom stereocenters. The molecule has 3 nitrogen and oxygen atoms in total. The number of halogens is 1. The zero-order chi connectivity index (χ0) is 17.3. The summed E-state index contributed by atoms with van der Waals surface area (Å²) in [6.45, 7) is 5.61. The van der Waals surface area contributed by atoms with Crippen LogP contribution >= 0.6 is 11.6 Å². The average molecular weight is 343 g/mol. The summed E-state index contributed by atoms with van der Waals surface area (Å²) in [5.41, 5.74) is 4.69. The summed E-state index contributed by atoms with van der Waals surface area (Å²) < 4.78 is 5.33. The minimum Gasteiger partial charge on any atom is -0.423 e. The fourth-order valence-corrected chi connectivity index (χ4v) is 3.10. The molecule has 0 saturated heterocycles. The molecule has 0 bridgehead atoms. The minimum absolute atomic E-state index is 0.317. The number of hydrogen-bond acceptors (Lipinski definition) is 2. The molecule has 3 aromatic rings. The zero-order valence-electron chi connectivity index (χ0n) is 14.2. The van der Waals surface area contributed by atoms with Crippen LogP contribution < -0.4 is 10.5 Å². The van der Waals surface area contributed by atoms with Gasteiger partial charge in [-0.1, -0.05) is 41.4 Å². The van der Waals surface area contributed by atoms with E-state index in [1.54, 1.807) is 6.07 Å². The Bertz CT molecular complexity index is 929. The van der Waals surface area contributed by atoms with Gasteiger partial charge in [-0.2, -0.15) is 0 Å². The molecule has 0 fully saturated rings. The van der Waals surface area contributed by atoms with E-state index in [2.05, 4.69) is 38.2 Å². The topological polar surface area (TPSA) is 34.7 Å². The molecule has 24 heavy (non-hydrogen) atoms. The Hall–Kier alpha value is -2.10. The number of nitrogens with one attached hydrogen (secondary N) is 1. The molecule has 3 rings (SSSR count). The highest BCUT2D eigenvalue weighted by Gasteiger charge is 2.13. The van der Waals surface area contributed by atoms with Gasteiger partial charge in [0.2, 0.25) is 0 Å². The molecule has 0 aliphatic heterocycles. The lowest BCUT2D eigenvalue weighted by Gasteiger charge is -2.15. The van der Waals surface area contributed by atoms with E-state index in [9.17, 15) is 4.79 Å². The highest BCUT2D eigenvalue weighted by atomic mass is 35.5. The highest BCUT2D eigenvalue weighted by Crippen LogP contribution is 2.24. The standard InChI is InChI=1S/C20H20ClNO2/c1-13-4-6-15(7-5-13)11-22(3)12-16-9-20(23)24-19-8-14(2)18(21)10-17(16)19/h4-10H,11-12H2,1-3H3/p+1. The molecular formula is C20H21ClNO2+. The quantitative estimate of drug-likeness (QED) is 0.738. The predicted octanol–water partition coefficient (Wildman–Crippen LogP) is 3.28. The lowest BCUT2D eigenvalue weighted by molar-refractivity contribution is -0.907. The lowest BCUT2D eigenvalue weighted by atomic mass is 10.1. The van der Waals surface area contributed by atoms with Crippen molar-refractivity contribution in [2.75, 3.05) is 7.05 Å². The fourth-order valence-electron chi connectivity index (χ4n) is 2.94. The first-order chi connectivity index (χ1) is 11.4. The van der Waals surface area contributed by atoms with Crippen LogP contribution in [-0.2, 0) is 13.1 Å². The van der Waals surface area contributed by atoms with Crippen LogP contribution in [0.3, 0.4) is 0 Å². The van der Waals surface area contributed by atoms with Crippen molar-refractivity contribution in [3.05, 3.63) is 80.2 Å². The van der Waals surface area contributed by atoms with Crippen molar-refractivity contribution in [1.82, 2.24) is 0 Å². The third kappa shape index (κ3) is 3.69. The van der Waals surface area contributed by atoms with Crippen molar-refractivity contribution in [3.63, 3.8) is 0 Å². The minimum atomic E-state index is -0.317. The molecule has 0 aliphatic rings. The molecule has 0 aliphatic carbocycles. The van der Waals surface area contributed by atoms with E-state index < -0.39 is 0 Å². The number of aryl methyl sites for hydroxylation is 2. The molecule has 124 valence electrons. The van der Waals surface area contributed by atoms with E-state index in [0.717, 1.165) is 29.6 Å². The summed E-state index contributed by atoms with van der Waals surface area (Å²) in [6, 6.07) is 13.8. The Morgan fingerprint density at radius 3 is 2.46 bits per heavy atom. The second kappa shape index (κ2) is 6.80. The van der Waals surface area contributed by atoms with Crippen LogP contribution in [0.25, 0.3) is 11.0 Å². The first-order valence-electron chi connectivity index (χ1n) is 8.02. The van der Waals surface area contributed by atoms with Crippen molar-refractivity contribution >= 4 is 22.6 Å². The summed E-state index contributed by atoms with van der Waals surface area (Å²) >= 11 is 6.25. The molecule has 2 aromatic carbocycles. The SMILES string of the molecule is Cc1ccc(C[NH+](C)Cc2cc(=O)oc3cc(C)c(Cl)cc23)cc1. The van der Waals surface area contributed by atoms with Crippen molar-refractivity contribution in [2.24, 2.45) is 0 Å². The summed E-state index contributed by atoms with van der Waals surface area (Å²) in [5.74, 6) is 0. The van der Waals surface area contributed by atoms with Crippen LogP contribution in [0.2, 0.25) is 5.02 Å². The predicted molar refractivity (Wildman–Crippen MR) is 97.7 cm³/mol. The van der Waals surface area contributed by atoms with Crippen molar-refractivity contribution in [1.29, 1.82) is 0 Å². The van der Waals surface area contributed by atoms with Gasteiger partial charge in [0.05, 0.1) is 7.05 Å². The van der Waals surface area contributed by atoms with E-state index in [-0.39, 0.29) is 5.63 Å². The number of quaternary nitrogens is 1. The smallest absolute Gasteiger partial charge is 0.336 e. The van der Waals surface area contributed by atoms with Gasteiger partial charge in [0, 0.05) is 27.6 Å². The first-order valence-corrected chi connectivity index (χ1v) is 8.40. The monoisotopic (exact) mass is 342 g/mol. The summed E-state index contributed by atoms with van der Waals surface area (Å²) in [5, 5.41) is 1.60. The van der Waals surface area contributed by atoms with E-state index in [4.69, 9.17) is 16.0 Å². The van der Waals surface area contributed by atoms with Crippen LogP contribution in [0.1, 0.15) is 22.3 Å². The van der Waals surface area contributed by atoms with Crippen LogP contribution in [0.5, 0.6) is 0 Å². The lowest BCUT2D eigenvalue weighted by Crippen LogP contribution is -3.06. The van der Waals surface area contributed by atoms with Gasteiger partial charge < -0.3 is 9.32 Å². The first kappa shape index (κ1) is 16.7. The summed E-state index contributed by atoms with van der Waals surface area (Å²) in [4.78, 5) is 13.2. The maximum Gasteiger partial charge on any atom is 0.336 e. The second-order valence-electron chi connectivity index (χ2n) is 6.48. The van der Waals surface area contributed by atoms with Crippen molar-refractivity contribution in [2.45, 2.75) is 26.9 Å². The molecular weight excluding hydrogens is 322 g/mol. The Kier molecular flexibility index (Phi) is 4.74. The molecule has 1 heterocycles. The van der Waals surface area contributed by atoms with Gasteiger partial charge in [-0.25, -0.2) is 4.79 Å². The molecule has 1 N–H and O–H groups in total. The zero-order valence-corrected chi connectivity index (χ0v) is 14.9. The molecule has 1 unspecified atom stereocenters. The summed E-state index contributed by atoms with van der Waals surface area (Å²) in [6.07, 6.45) is 0. The number of fused-ring (bicyclic) bond motifs is 1. The Labute approximate surface area is 146 Å². The Morgan fingerprint density at radius 2 is 1.75 bits per heavy atom. The summed E-state index contributed by atoms with van der Waals surface area (Å²) in [7, 11) is 2.12. The molecule has 4 heteroatoms. The van der Waals surface area contributed by atoms with E-state index in [0.29, 0.717) is 10.6 Å². The van der Waals surface area contributed by atoms with Gasteiger partial charge in [-0.3, -0.25) is 0 Å². The van der Waals surface area contributed by atoms with E-state index in [1.807, 2.05) is 19.1 Å². The molecule has 0 saturated carbocycles. The van der Waals surface area contributed by atoms with Crippen molar-refractivity contribution < 1.29 is 9.32 Å². The highest BCUT2D eigenvalue weighted by molar-refractivity contribution is 6.32. The Balaban J connectivity index is 1.90. The van der Waals surface area contributed by atoms with Gasteiger partial charge in [-0.15, -0.1) is 0 Å². The van der Waals surface area contributed by atoms with E-state index >= 15 is 0 Å². The van der Waals surface area contributed by atoms with Gasteiger partial charge in [0.1, 0.15) is 18.7 Å². The number of hydrogen-bond donors (Lipinski definition) is 1. The third-order valence-electron chi connectivity index (χ3n) is 4.23. The second-order valence-corrected chi connectivity index (χ2v) is 6.89. The number of rotatable bonds is 4. The van der Waals surface area contributed by atoms with Gasteiger partial charge >= 0.3 is 5.63 Å². The maximum absolute atomic E-state index is 11.9. The maximum atomic E-state index is 11.9. The Morgan fingerprint density at radius 1 is 1.04 bits per heavy atom. The third-order valence-corrected chi connectivity index (χ3v) is 4.64. The van der Waals surface area contributed by atoms with Crippen LogP contribution in [0, 0.1) is 13.8 Å². The molecule has 1 aromatic heterocycles. The largest absolute Gasteiger partial charge is 0.423 e. The molecule has 0 amide bonds. The van der Waals surface area contributed by atoms with Crippen molar-refractivity contribution in [3.8, 4) is 0 Å². The van der Waals surface area contributed by atoms with Gasteiger partial charge in [0.15, 0.2) is 0 Å². The molecule has 0 spiro atoms.